The van der Waals surface area contributed by atoms with Crippen LogP contribution in [-0.4, -0.2) is 19.7 Å². The summed E-state index contributed by atoms with van der Waals surface area (Å²) < 4.78 is 7.33. The molecule has 2 aromatic carbocycles. The Morgan fingerprint density at radius 2 is 1.81 bits per heavy atom. The molecule has 0 saturated heterocycles. The fourth-order valence-corrected chi connectivity index (χ4v) is 3.95. The first-order valence-electron chi connectivity index (χ1n) is 9.34. The monoisotopic (exact) mass is 360 g/mol. The van der Waals surface area contributed by atoms with Gasteiger partial charge in [0, 0.05) is 17.2 Å². The highest BCUT2D eigenvalue weighted by molar-refractivity contribution is 5.81. The number of aromatic amines is 1. The van der Waals surface area contributed by atoms with E-state index in [9.17, 15) is 4.79 Å². The van der Waals surface area contributed by atoms with E-state index in [1.54, 1.807) is 0 Å². The van der Waals surface area contributed by atoms with E-state index in [0.29, 0.717) is 17.8 Å². The van der Waals surface area contributed by atoms with Gasteiger partial charge in [0.25, 0.3) is 5.89 Å². The number of aryl methyl sites for hydroxylation is 1. The quantitative estimate of drug-likeness (QED) is 0.585. The molecule has 6 heteroatoms. The molecule has 4 aromatic rings. The van der Waals surface area contributed by atoms with E-state index in [-0.39, 0.29) is 5.69 Å². The number of nitrogens with one attached hydrogen (secondary N) is 1. The van der Waals surface area contributed by atoms with E-state index < -0.39 is 0 Å². The van der Waals surface area contributed by atoms with Crippen molar-refractivity contribution in [2.45, 2.75) is 38.6 Å². The van der Waals surface area contributed by atoms with Gasteiger partial charge < -0.3 is 9.51 Å². The Hall–Kier alpha value is -3.15. The Balaban J connectivity index is 1.52. The Morgan fingerprint density at radius 1 is 1.07 bits per heavy atom. The van der Waals surface area contributed by atoms with E-state index in [4.69, 9.17) is 4.52 Å². The summed E-state index contributed by atoms with van der Waals surface area (Å²) >= 11 is 0. The standard InChI is InChI=1S/C21H20N4O2/c1-13-6-8-14(9-7-13)20-23-19(24-27-20)15-10-11-18-17(12-15)22-21(26)25(18)16-4-2-3-5-16/h6-12,16H,2-5H2,1H3,(H,22,26). The molecule has 0 amide bonds. The average Bonchev–Trinajstić information content (AvgIpc) is 3.40. The third kappa shape index (κ3) is 2.77. The number of hydrogen-bond donors (Lipinski definition) is 1. The van der Waals surface area contributed by atoms with Crippen molar-refractivity contribution < 1.29 is 4.52 Å². The summed E-state index contributed by atoms with van der Waals surface area (Å²) in [7, 11) is 0. The van der Waals surface area contributed by atoms with Gasteiger partial charge in [0.05, 0.1) is 11.0 Å². The van der Waals surface area contributed by atoms with E-state index in [2.05, 4.69) is 15.1 Å². The highest BCUT2D eigenvalue weighted by Gasteiger charge is 2.21. The van der Waals surface area contributed by atoms with Gasteiger partial charge in [0.1, 0.15) is 0 Å². The van der Waals surface area contributed by atoms with Gasteiger partial charge in [0.15, 0.2) is 0 Å². The lowest BCUT2D eigenvalue weighted by molar-refractivity contribution is 0.432. The molecule has 2 aromatic heterocycles. The third-order valence-electron chi connectivity index (χ3n) is 5.39. The molecule has 0 radical (unpaired) electrons. The van der Waals surface area contributed by atoms with Gasteiger partial charge in [-0.15, -0.1) is 0 Å². The summed E-state index contributed by atoms with van der Waals surface area (Å²) in [6, 6.07) is 14.1. The largest absolute Gasteiger partial charge is 0.334 e. The predicted octanol–water partition coefficient (Wildman–Crippen LogP) is 4.47. The van der Waals surface area contributed by atoms with E-state index >= 15 is 0 Å². The molecule has 6 nitrogen and oxygen atoms in total. The van der Waals surface area contributed by atoms with Gasteiger partial charge in [-0.25, -0.2) is 4.79 Å². The summed E-state index contributed by atoms with van der Waals surface area (Å²) in [5.41, 5.74) is 4.61. The van der Waals surface area contributed by atoms with Crippen LogP contribution in [0.4, 0.5) is 0 Å². The maximum atomic E-state index is 12.4. The highest BCUT2D eigenvalue weighted by Crippen LogP contribution is 2.31. The number of imidazole rings is 1. The van der Waals surface area contributed by atoms with Gasteiger partial charge >= 0.3 is 5.69 Å². The zero-order valence-electron chi connectivity index (χ0n) is 15.1. The number of hydrogen-bond acceptors (Lipinski definition) is 4. The van der Waals surface area contributed by atoms with E-state index in [1.165, 1.54) is 18.4 Å². The lowest BCUT2D eigenvalue weighted by Gasteiger charge is -2.11. The maximum Gasteiger partial charge on any atom is 0.326 e. The Labute approximate surface area is 155 Å². The zero-order valence-corrected chi connectivity index (χ0v) is 15.1. The third-order valence-corrected chi connectivity index (χ3v) is 5.39. The summed E-state index contributed by atoms with van der Waals surface area (Å²) in [6.07, 6.45) is 4.51. The molecule has 1 aliphatic carbocycles. The van der Waals surface area contributed by atoms with Crippen LogP contribution in [0, 0.1) is 6.92 Å². The van der Waals surface area contributed by atoms with Crippen molar-refractivity contribution in [3.63, 3.8) is 0 Å². The van der Waals surface area contributed by atoms with Crippen LogP contribution in [0.2, 0.25) is 0 Å². The molecule has 1 aliphatic rings. The van der Waals surface area contributed by atoms with Crippen molar-refractivity contribution in [1.82, 2.24) is 19.7 Å². The molecular formula is C21H20N4O2. The molecule has 0 bridgehead atoms. The summed E-state index contributed by atoms with van der Waals surface area (Å²) in [5, 5.41) is 4.11. The Bertz CT molecular complexity index is 1160. The molecule has 0 atom stereocenters. The second-order valence-electron chi connectivity index (χ2n) is 7.26. The van der Waals surface area contributed by atoms with Gasteiger partial charge in [0.2, 0.25) is 5.82 Å². The van der Waals surface area contributed by atoms with Crippen LogP contribution in [0.3, 0.4) is 0 Å². The first-order chi connectivity index (χ1) is 13.2. The smallest absolute Gasteiger partial charge is 0.326 e. The van der Waals surface area contributed by atoms with Crippen LogP contribution in [0.15, 0.2) is 51.8 Å². The SMILES string of the molecule is Cc1ccc(-c2nc(-c3ccc4c(c3)[nH]c(=O)n4C3CCCC3)no2)cc1. The van der Waals surface area contributed by atoms with Gasteiger partial charge in [-0.1, -0.05) is 35.7 Å². The first kappa shape index (κ1) is 16.1. The van der Waals surface area contributed by atoms with Crippen molar-refractivity contribution in [3.05, 3.63) is 58.5 Å². The number of fused-ring (bicyclic) bond motifs is 1. The molecule has 1 fully saturated rings. The number of nitrogens with zero attached hydrogens (tertiary/aromatic N) is 3. The van der Waals surface area contributed by atoms with E-state index in [0.717, 1.165) is 35.0 Å². The number of H-pyrrole nitrogens is 1. The fraction of sp³-hybridized carbons (Fsp3) is 0.286. The van der Waals surface area contributed by atoms with E-state index in [1.807, 2.05) is 54.0 Å². The lowest BCUT2D eigenvalue weighted by Crippen LogP contribution is -2.20. The Morgan fingerprint density at radius 3 is 2.59 bits per heavy atom. The van der Waals surface area contributed by atoms with Gasteiger partial charge in [-0.2, -0.15) is 4.98 Å². The fourth-order valence-electron chi connectivity index (χ4n) is 3.95. The molecule has 1 N–H and O–H groups in total. The number of aromatic nitrogens is 4. The topological polar surface area (TPSA) is 76.7 Å². The second-order valence-corrected chi connectivity index (χ2v) is 7.26. The van der Waals surface area contributed by atoms with Crippen LogP contribution >= 0.6 is 0 Å². The maximum absolute atomic E-state index is 12.4. The zero-order chi connectivity index (χ0) is 18.4. The summed E-state index contributed by atoms with van der Waals surface area (Å²) in [6.45, 7) is 2.04. The molecule has 2 heterocycles. The van der Waals surface area contributed by atoms with Crippen molar-refractivity contribution >= 4 is 11.0 Å². The molecule has 136 valence electrons. The molecule has 5 rings (SSSR count). The molecule has 0 spiro atoms. The van der Waals surface area contributed by atoms with Crippen LogP contribution in [-0.2, 0) is 0 Å². The minimum atomic E-state index is -0.0393. The molecule has 0 unspecified atom stereocenters. The van der Waals surface area contributed by atoms with Gasteiger partial charge in [-0.3, -0.25) is 4.57 Å². The van der Waals surface area contributed by atoms with Crippen molar-refractivity contribution in [3.8, 4) is 22.8 Å². The molecular weight excluding hydrogens is 340 g/mol. The van der Waals surface area contributed by atoms with Crippen LogP contribution in [0.25, 0.3) is 33.9 Å². The Kier molecular flexibility index (Phi) is 3.70. The molecule has 1 saturated carbocycles. The lowest BCUT2D eigenvalue weighted by atomic mass is 10.1. The highest BCUT2D eigenvalue weighted by atomic mass is 16.5. The molecule has 27 heavy (non-hydrogen) atoms. The first-order valence-corrected chi connectivity index (χ1v) is 9.34. The normalized spacial score (nSPS) is 15.0. The van der Waals surface area contributed by atoms with Crippen molar-refractivity contribution in [2.75, 3.05) is 0 Å². The van der Waals surface area contributed by atoms with Crippen LogP contribution in [0.5, 0.6) is 0 Å². The second kappa shape index (κ2) is 6.23. The van der Waals surface area contributed by atoms with Crippen LogP contribution in [0.1, 0.15) is 37.3 Å². The summed E-state index contributed by atoms with van der Waals surface area (Å²) in [4.78, 5) is 19.9. The average molecular weight is 360 g/mol. The minimum Gasteiger partial charge on any atom is -0.334 e. The minimum absolute atomic E-state index is 0.0393. The van der Waals surface area contributed by atoms with Crippen molar-refractivity contribution in [1.29, 1.82) is 0 Å². The van der Waals surface area contributed by atoms with Gasteiger partial charge in [-0.05, 0) is 50.1 Å². The van der Waals surface area contributed by atoms with Crippen LogP contribution < -0.4 is 5.69 Å². The van der Waals surface area contributed by atoms with Crippen molar-refractivity contribution in [2.24, 2.45) is 0 Å². The summed E-state index contributed by atoms with van der Waals surface area (Å²) in [5.74, 6) is 1.00. The number of rotatable bonds is 3. The number of benzene rings is 2. The molecule has 0 aliphatic heterocycles. The predicted molar refractivity (Wildman–Crippen MR) is 104 cm³/mol.